The van der Waals surface area contributed by atoms with E-state index in [1.54, 1.807) is 0 Å². The smallest absolute Gasteiger partial charge is 0.127 e. The maximum Gasteiger partial charge on any atom is 0.127 e. The van der Waals surface area contributed by atoms with Crippen LogP contribution in [0.5, 0.6) is 11.5 Å². The molecular formula is C24H34O2. The van der Waals surface area contributed by atoms with E-state index in [2.05, 4.69) is 39.8 Å². The van der Waals surface area contributed by atoms with Gasteiger partial charge in [0.05, 0.1) is 0 Å². The van der Waals surface area contributed by atoms with Gasteiger partial charge >= 0.3 is 0 Å². The number of ether oxygens (including phenoxy) is 1. The normalized spacial score (nSPS) is 26.5. The van der Waals surface area contributed by atoms with E-state index >= 15 is 0 Å². The first-order valence-electron chi connectivity index (χ1n) is 10.7. The van der Waals surface area contributed by atoms with Crippen LogP contribution in [0, 0.1) is 5.92 Å². The molecule has 1 fully saturated rings. The molecule has 1 aliphatic heterocycles. The Hall–Kier alpha value is -1.44. The highest BCUT2D eigenvalue weighted by Crippen LogP contribution is 2.57. The van der Waals surface area contributed by atoms with Gasteiger partial charge < -0.3 is 9.84 Å². The lowest BCUT2D eigenvalue weighted by Crippen LogP contribution is -2.45. The average Bonchev–Trinajstić information content (AvgIpc) is 3.38. The Bertz CT molecular complexity index is 724. The molecule has 142 valence electrons. The number of phenolic OH excluding ortho intramolecular Hbond substituents is 1. The Balaban J connectivity index is 1.82. The molecule has 0 saturated heterocycles. The molecular weight excluding hydrogens is 320 g/mol. The number of fused-ring (bicyclic) bond motifs is 3. The highest BCUT2D eigenvalue weighted by Gasteiger charge is 2.46. The number of phenols is 1. The topological polar surface area (TPSA) is 29.5 Å². The van der Waals surface area contributed by atoms with Crippen molar-refractivity contribution in [2.24, 2.45) is 5.92 Å². The molecule has 2 atom stereocenters. The number of benzene rings is 1. The van der Waals surface area contributed by atoms with Gasteiger partial charge in [-0.2, -0.15) is 0 Å². The van der Waals surface area contributed by atoms with E-state index in [1.165, 1.54) is 48.8 Å². The minimum atomic E-state index is -0.177. The van der Waals surface area contributed by atoms with Crippen LogP contribution in [0.15, 0.2) is 17.7 Å². The summed E-state index contributed by atoms with van der Waals surface area (Å²) in [5.41, 5.74) is 4.94. The molecule has 0 bridgehead atoms. The van der Waals surface area contributed by atoms with Crippen molar-refractivity contribution >= 4 is 0 Å². The standard InChI is InChI=1S/C24H34O2/c1-5-6-7-8-17-14-20-22(23(25)21(17)16-10-11-16)18-13-15(2)9-12-19(18)24(3,4)26-20/h13-14,16,18-19,25H,5-12H2,1-4H3. The number of hydrogen-bond acceptors (Lipinski definition) is 2. The molecule has 1 aromatic carbocycles. The first-order chi connectivity index (χ1) is 12.4. The number of allylic oxidation sites excluding steroid dienone is 2. The van der Waals surface area contributed by atoms with Crippen molar-refractivity contribution < 1.29 is 9.84 Å². The molecule has 0 spiro atoms. The zero-order valence-electron chi connectivity index (χ0n) is 16.9. The van der Waals surface area contributed by atoms with Crippen molar-refractivity contribution in [1.29, 1.82) is 0 Å². The molecule has 0 amide bonds. The molecule has 2 aliphatic carbocycles. The molecule has 0 aromatic heterocycles. The van der Waals surface area contributed by atoms with E-state index in [0.717, 1.165) is 30.6 Å². The minimum absolute atomic E-state index is 0.177. The van der Waals surface area contributed by atoms with Crippen molar-refractivity contribution in [2.45, 2.75) is 96.5 Å². The van der Waals surface area contributed by atoms with Crippen molar-refractivity contribution in [2.75, 3.05) is 0 Å². The monoisotopic (exact) mass is 354 g/mol. The largest absolute Gasteiger partial charge is 0.507 e. The quantitative estimate of drug-likeness (QED) is 0.476. The summed E-state index contributed by atoms with van der Waals surface area (Å²) in [5, 5.41) is 11.4. The van der Waals surface area contributed by atoms with Crippen LogP contribution < -0.4 is 4.74 Å². The number of unbranched alkanes of at least 4 members (excludes halogenated alkanes) is 2. The average molecular weight is 355 g/mol. The number of hydrogen-bond donors (Lipinski definition) is 1. The lowest BCUT2D eigenvalue weighted by Gasteiger charge is -2.46. The lowest BCUT2D eigenvalue weighted by atomic mass is 9.67. The van der Waals surface area contributed by atoms with Gasteiger partial charge in [0.15, 0.2) is 0 Å². The molecule has 2 unspecified atom stereocenters. The van der Waals surface area contributed by atoms with Gasteiger partial charge in [0.1, 0.15) is 17.1 Å². The van der Waals surface area contributed by atoms with Crippen LogP contribution >= 0.6 is 0 Å². The SMILES string of the molecule is CCCCCc1cc2c(c(O)c1C1CC1)C1C=C(C)CCC1C(C)(C)O2. The minimum Gasteiger partial charge on any atom is -0.507 e. The van der Waals surface area contributed by atoms with E-state index in [-0.39, 0.29) is 5.60 Å². The Kier molecular flexibility index (Phi) is 4.57. The second kappa shape index (κ2) is 6.62. The number of rotatable bonds is 5. The maximum absolute atomic E-state index is 11.4. The van der Waals surface area contributed by atoms with Crippen LogP contribution in [-0.2, 0) is 6.42 Å². The van der Waals surface area contributed by atoms with Crippen molar-refractivity contribution in [3.05, 3.63) is 34.4 Å². The van der Waals surface area contributed by atoms with Gasteiger partial charge in [-0.3, -0.25) is 0 Å². The molecule has 26 heavy (non-hydrogen) atoms. The third kappa shape index (κ3) is 3.06. The van der Waals surface area contributed by atoms with Crippen LogP contribution in [0.4, 0.5) is 0 Å². The molecule has 0 radical (unpaired) electrons. The summed E-state index contributed by atoms with van der Waals surface area (Å²) in [6.45, 7) is 8.93. The Labute approximate surface area is 158 Å². The predicted octanol–water partition coefficient (Wildman–Crippen LogP) is 6.61. The first-order valence-corrected chi connectivity index (χ1v) is 10.7. The molecule has 3 aliphatic rings. The van der Waals surface area contributed by atoms with E-state index < -0.39 is 0 Å². The molecule has 1 aromatic rings. The Morgan fingerprint density at radius 3 is 2.62 bits per heavy atom. The van der Waals surface area contributed by atoms with Crippen molar-refractivity contribution in [1.82, 2.24) is 0 Å². The lowest BCUT2D eigenvalue weighted by molar-refractivity contribution is 0.0106. The predicted molar refractivity (Wildman–Crippen MR) is 107 cm³/mol. The Morgan fingerprint density at radius 2 is 1.92 bits per heavy atom. The Morgan fingerprint density at radius 1 is 1.15 bits per heavy atom. The summed E-state index contributed by atoms with van der Waals surface area (Å²) < 4.78 is 6.52. The van der Waals surface area contributed by atoms with Gasteiger partial charge in [-0.25, -0.2) is 0 Å². The molecule has 2 nitrogen and oxygen atoms in total. The van der Waals surface area contributed by atoms with Gasteiger partial charge in [-0.05, 0) is 76.8 Å². The van der Waals surface area contributed by atoms with E-state index in [1.807, 2.05) is 0 Å². The molecule has 2 heteroatoms. The fraction of sp³-hybridized carbons (Fsp3) is 0.667. The van der Waals surface area contributed by atoms with Crippen LogP contribution in [0.3, 0.4) is 0 Å². The zero-order chi connectivity index (χ0) is 18.5. The molecule has 1 N–H and O–H groups in total. The van der Waals surface area contributed by atoms with Crippen LogP contribution in [0.1, 0.15) is 101 Å². The highest BCUT2D eigenvalue weighted by molar-refractivity contribution is 5.60. The summed E-state index contributed by atoms with van der Waals surface area (Å²) in [6.07, 6.45) is 11.9. The van der Waals surface area contributed by atoms with E-state index in [0.29, 0.717) is 23.5 Å². The molecule has 1 saturated carbocycles. The van der Waals surface area contributed by atoms with Gasteiger partial charge in [-0.15, -0.1) is 0 Å². The number of aryl methyl sites for hydroxylation is 1. The van der Waals surface area contributed by atoms with Crippen LogP contribution in [0.2, 0.25) is 0 Å². The second-order valence-corrected chi connectivity index (χ2v) is 9.33. The van der Waals surface area contributed by atoms with Gasteiger partial charge in [0.2, 0.25) is 0 Å². The molecule has 4 rings (SSSR count). The third-order valence-electron chi connectivity index (χ3n) is 6.81. The van der Waals surface area contributed by atoms with Crippen molar-refractivity contribution in [3.8, 4) is 11.5 Å². The summed E-state index contributed by atoms with van der Waals surface area (Å²) in [4.78, 5) is 0. The highest BCUT2D eigenvalue weighted by atomic mass is 16.5. The summed E-state index contributed by atoms with van der Waals surface area (Å²) in [5.74, 6) is 2.81. The number of aromatic hydroxyl groups is 1. The summed E-state index contributed by atoms with van der Waals surface area (Å²) in [7, 11) is 0. The van der Waals surface area contributed by atoms with E-state index in [4.69, 9.17) is 4.74 Å². The van der Waals surface area contributed by atoms with Crippen LogP contribution in [0.25, 0.3) is 0 Å². The fourth-order valence-corrected chi connectivity index (χ4v) is 5.23. The van der Waals surface area contributed by atoms with Gasteiger partial charge in [0, 0.05) is 23.0 Å². The van der Waals surface area contributed by atoms with Gasteiger partial charge in [-0.1, -0.05) is 31.4 Å². The summed E-state index contributed by atoms with van der Waals surface area (Å²) >= 11 is 0. The van der Waals surface area contributed by atoms with Gasteiger partial charge in [0.25, 0.3) is 0 Å². The van der Waals surface area contributed by atoms with Crippen molar-refractivity contribution in [3.63, 3.8) is 0 Å². The maximum atomic E-state index is 11.4. The zero-order valence-corrected chi connectivity index (χ0v) is 16.9. The third-order valence-corrected chi connectivity index (χ3v) is 6.81. The van der Waals surface area contributed by atoms with E-state index in [9.17, 15) is 5.11 Å². The fourth-order valence-electron chi connectivity index (χ4n) is 5.23. The van der Waals surface area contributed by atoms with Crippen LogP contribution in [-0.4, -0.2) is 10.7 Å². The molecule has 1 heterocycles. The first kappa shape index (κ1) is 17.9. The summed E-state index contributed by atoms with van der Waals surface area (Å²) in [6, 6.07) is 2.29. The second-order valence-electron chi connectivity index (χ2n) is 9.33.